The molecule has 0 spiro atoms. The Morgan fingerprint density at radius 3 is 2.55 bits per heavy atom. The van der Waals surface area contributed by atoms with Crippen LogP contribution in [0.4, 0.5) is 13.2 Å². The minimum absolute atomic E-state index is 0. The molecule has 0 aliphatic carbocycles. The first-order chi connectivity index (χ1) is 8.86. The van der Waals surface area contributed by atoms with Crippen molar-refractivity contribution in [1.29, 1.82) is 0 Å². The molecule has 20 heavy (non-hydrogen) atoms. The highest BCUT2D eigenvalue weighted by atomic mass is 35.5. The molecule has 8 heteroatoms. The van der Waals surface area contributed by atoms with Crippen LogP contribution < -0.4 is 10.5 Å². The molecule has 1 rings (SSSR count). The molecule has 1 atom stereocenters. The minimum atomic E-state index is -3.98. The van der Waals surface area contributed by atoms with Gasteiger partial charge in [0.2, 0.25) is 0 Å². The van der Waals surface area contributed by atoms with Gasteiger partial charge in [-0.2, -0.15) is 8.78 Å². The standard InChI is InChI=1S/C12H14F3NO3.ClH/c1-3-19-11(17)12(14,15)10(16)7-5-4-6-8(13)9(7)18-2;/h4-6,10H,3,16H2,1-2H3;1H/t10-;/m0./s1. The summed E-state index contributed by atoms with van der Waals surface area (Å²) in [7, 11) is 1.12. The Kier molecular flexibility index (Phi) is 6.81. The average Bonchev–Trinajstić information content (AvgIpc) is 2.37. The van der Waals surface area contributed by atoms with Gasteiger partial charge in [0, 0.05) is 5.56 Å². The van der Waals surface area contributed by atoms with E-state index in [1.807, 2.05) is 0 Å². The van der Waals surface area contributed by atoms with Crippen LogP contribution in [-0.4, -0.2) is 25.6 Å². The molecule has 0 amide bonds. The summed E-state index contributed by atoms with van der Waals surface area (Å²) in [6.45, 7) is 1.18. The molecule has 114 valence electrons. The second-order valence-corrected chi connectivity index (χ2v) is 3.68. The third-order valence-electron chi connectivity index (χ3n) is 2.47. The summed E-state index contributed by atoms with van der Waals surface area (Å²) in [4.78, 5) is 11.2. The fourth-order valence-corrected chi connectivity index (χ4v) is 1.54. The molecule has 1 aromatic carbocycles. The third-order valence-corrected chi connectivity index (χ3v) is 2.47. The molecule has 0 unspecified atom stereocenters. The molecule has 0 aliphatic rings. The lowest BCUT2D eigenvalue weighted by Crippen LogP contribution is -2.42. The molecule has 2 N–H and O–H groups in total. The van der Waals surface area contributed by atoms with Crippen LogP contribution in [0.3, 0.4) is 0 Å². The highest BCUT2D eigenvalue weighted by Crippen LogP contribution is 2.36. The molecule has 0 aromatic heterocycles. The van der Waals surface area contributed by atoms with Crippen LogP contribution in [0.25, 0.3) is 0 Å². The van der Waals surface area contributed by atoms with E-state index in [9.17, 15) is 18.0 Å². The molecular weight excluding hydrogens is 299 g/mol. The normalized spacial score (nSPS) is 12.3. The van der Waals surface area contributed by atoms with Gasteiger partial charge in [-0.3, -0.25) is 0 Å². The molecule has 0 aliphatic heterocycles. The van der Waals surface area contributed by atoms with Gasteiger partial charge >= 0.3 is 11.9 Å². The van der Waals surface area contributed by atoms with Crippen LogP contribution in [0.15, 0.2) is 18.2 Å². The van der Waals surface area contributed by atoms with Crippen molar-refractivity contribution >= 4 is 18.4 Å². The van der Waals surface area contributed by atoms with Crippen LogP contribution in [0.1, 0.15) is 18.5 Å². The quantitative estimate of drug-likeness (QED) is 0.848. The fraction of sp³-hybridized carbons (Fsp3) is 0.417. The Morgan fingerprint density at radius 1 is 1.45 bits per heavy atom. The summed E-state index contributed by atoms with van der Waals surface area (Å²) in [5.41, 5.74) is 5.05. The molecule has 0 heterocycles. The number of methoxy groups -OCH3 is 1. The van der Waals surface area contributed by atoms with Gasteiger partial charge in [-0.1, -0.05) is 12.1 Å². The summed E-state index contributed by atoms with van der Waals surface area (Å²) in [5, 5.41) is 0. The predicted molar refractivity (Wildman–Crippen MR) is 68.7 cm³/mol. The average molecular weight is 314 g/mol. The van der Waals surface area contributed by atoms with E-state index in [4.69, 9.17) is 10.5 Å². The van der Waals surface area contributed by atoms with E-state index < -0.39 is 29.5 Å². The second-order valence-electron chi connectivity index (χ2n) is 3.68. The number of carbonyl (C=O) groups excluding carboxylic acids is 1. The van der Waals surface area contributed by atoms with Crippen molar-refractivity contribution in [2.75, 3.05) is 13.7 Å². The predicted octanol–water partition coefficient (Wildman–Crippen LogP) is 2.45. The van der Waals surface area contributed by atoms with E-state index in [1.54, 1.807) is 0 Å². The molecule has 4 nitrogen and oxygen atoms in total. The van der Waals surface area contributed by atoms with Crippen molar-refractivity contribution in [1.82, 2.24) is 0 Å². The number of hydrogen-bond donors (Lipinski definition) is 1. The van der Waals surface area contributed by atoms with Crippen molar-refractivity contribution in [3.63, 3.8) is 0 Å². The lowest BCUT2D eigenvalue weighted by atomic mass is 10.00. The van der Waals surface area contributed by atoms with Gasteiger partial charge in [-0.15, -0.1) is 12.4 Å². The summed E-state index contributed by atoms with van der Waals surface area (Å²) in [5.74, 6) is -6.99. The molecule has 0 radical (unpaired) electrons. The number of halogens is 4. The maximum absolute atomic E-state index is 13.8. The zero-order valence-electron chi connectivity index (χ0n) is 10.9. The topological polar surface area (TPSA) is 61.5 Å². The fourth-order valence-electron chi connectivity index (χ4n) is 1.54. The molecule has 0 fully saturated rings. The van der Waals surface area contributed by atoms with E-state index in [0.29, 0.717) is 0 Å². The Labute approximate surface area is 120 Å². The van der Waals surface area contributed by atoms with Crippen molar-refractivity contribution in [3.8, 4) is 5.75 Å². The van der Waals surface area contributed by atoms with Gasteiger partial charge in [0.25, 0.3) is 0 Å². The van der Waals surface area contributed by atoms with Crippen molar-refractivity contribution in [2.24, 2.45) is 5.73 Å². The highest BCUT2D eigenvalue weighted by molar-refractivity contribution is 5.85. The largest absolute Gasteiger partial charge is 0.493 e. The van der Waals surface area contributed by atoms with Gasteiger partial charge in [-0.05, 0) is 13.0 Å². The SMILES string of the molecule is CCOC(=O)C(F)(F)[C@@H](N)c1cccc(F)c1OC.Cl. The lowest BCUT2D eigenvalue weighted by molar-refractivity contribution is -0.174. The molecule has 0 saturated heterocycles. The minimum Gasteiger partial charge on any atom is -0.493 e. The van der Waals surface area contributed by atoms with Gasteiger partial charge < -0.3 is 15.2 Å². The van der Waals surface area contributed by atoms with Crippen molar-refractivity contribution in [2.45, 2.75) is 18.9 Å². The zero-order chi connectivity index (χ0) is 14.6. The van der Waals surface area contributed by atoms with Gasteiger partial charge in [0.15, 0.2) is 11.6 Å². The van der Waals surface area contributed by atoms with Gasteiger partial charge in [-0.25, -0.2) is 9.18 Å². The Morgan fingerprint density at radius 2 is 2.05 bits per heavy atom. The van der Waals surface area contributed by atoms with Crippen LogP contribution in [0, 0.1) is 5.82 Å². The summed E-state index contributed by atoms with van der Waals surface area (Å²) >= 11 is 0. The molecule has 1 aromatic rings. The van der Waals surface area contributed by atoms with Crippen LogP contribution in [0.2, 0.25) is 0 Å². The first-order valence-corrected chi connectivity index (χ1v) is 5.49. The highest BCUT2D eigenvalue weighted by Gasteiger charge is 2.48. The summed E-state index contributed by atoms with van der Waals surface area (Å²) in [6, 6.07) is 1.35. The number of carbonyl (C=O) groups is 1. The van der Waals surface area contributed by atoms with E-state index in [0.717, 1.165) is 13.2 Å². The summed E-state index contributed by atoms with van der Waals surface area (Å²) in [6.07, 6.45) is 0. The van der Waals surface area contributed by atoms with E-state index in [1.165, 1.54) is 19.1 Å². The molecule has 0 bridgehead atoms. The van der Waals surface area contributed by atoms with Crippen molar-refractivity contribution < 1.29 is 27.4 Å². The number of rotatable bonds is 5. The monoisotopic (exact) mass is 313 g/mol. The van der Waals surface area contributed by atoms with Crippen LogP contribution in [-0.2, 0) is 9.53 Å². The first kappa shape index (κ1) is 18.5. The third kappa shape index (κ3) is 3.55. The maximum atomic E-state index is 13.8. The van der Waals surface area contributed by atoms with E-state index in [-0.39, 0.29) is 24.6 Å². The summed E-state index contributed by atoms with van der Waals surface area (Å²) < 4.78 is 49.9. The van der Waals surface area contributed by atoms with Crippen LogP contribution >= 0.6 is 12.4 Å². The number of esters is 1. The number of nitrogens with two attached hydrogens (primary N) is 1. The maximum Gasteiger partial charge on any atom is 0.379 e. The number of ether oxygens (including phenoxy) is 2. The number of benzene rings is 1. The lowest BCUT2D eigenvalue weighted by Gasteiger charge is -2.23. The number of hydrogen-bond acceptors (Lipinski definition) is 4. The Bertz CT molecular complexity index is 471. The Hall–Kier alpha value is -1.47. The first-order valence-electron chi connectivity index (χ1n) is 5.49. The Balaban J connectivity index is 0.00000361. The van der Waals surface area contributed by atoms with E-state index in [2.05, 4.69) is 4.74 Å². The number of para-hydroxylation sites is 1. The molecule has 0 saturated carbocycles. The second kappa shape index (κ2) is 7.35. The van der Waals surface area contributed by atoms with Gasteiger partial charge in [0.1, 0.15) is 6.04 Å². The van der Waals surface area contributed by atoms with Gasteiger partial charge in [0.05, 0.1) is 13.7 Å². The van der Waals surface area contributed by atoms with Crippen molar-refractivity contribution in [3.05, 3.63) is 29.6 Å². The molecular formula is C12H15ClF3NO3. The zero-order valence-corrected chi connectivity index (χ0v) is 11.7. The smallest absolute Gasteiger partial charge is 0.379 e. The number of alkyl halides is 2. The van der Waals surface area contributed by atoms with E-state index >= 15 is 0 Å². The van der Waals surface area contributed by atoms with Crippen LogP contribution in [0.5, 0.6) is 5.75 Å².